The van der Waals surface area contributed by atoms with Gasteiger partial charge in [0.25, 0.3) is 5.91 Å². The molecule has 0 saturated heterocycles. The molecule has 2 aromatic rings. The molecule has 1 amide bonds. The van der Waals surface area contributed by atoms with Gasteiger partial charge in [0.05, 0.1) is 0 Å². The van der Waals surface area contributed by atoms with Crippen LogP contribution in [0, 0.1) is 32.1 Å². The van der Waals surface area contributed by atoms with Gasteiger partial charge in [-0.25, -0.2) is 0 Å². The van der Waals surface area contributed by atoms with Crippen molar-refractivity contribution in [2.75, 3.05) is 10.6 Å². The zero-order valence-electron chi connectivity index (χ0n) is 13.8. The molecule has 0 aliphatic rings. The van der Waals surface area contributed by atoms with Crippen molar-refractivity contribution in [1.29, 1.82) is 5.26 Å². The number of hydrogen-bond donors (Lipinski definition) is 2. The molecule has 24 heavy (non-hydrogen) atoms. The van der Waals surface area contributed by atoms with E-state index >= 15 is 0 Å². The van der Waals surface area contributed by atoms with Crippen LogP contribution in [0.5, 0.6) is 0 Å². The van der Waals surface area contributed by atoms with Gasteiger partial charge >= 0.3 is 0 Å². The van der Waals surface area contributed by atoms with Crippen molar-refractivity contribution >= 4 is 28.9 Å². The van der Waals surface area contributed by atoms with Crippen molar-refractivity contribution in [2.24, 2.45) is 0 Å². The lowest BCUT2D eigenvalue weighted by molar-refractivity contribution is -0.112. The summed E-state index contributed by atoms with van der Waals surface area (Å²) < 4.78 is 0. The van der Waals surface area contributed by atoms with Gasteiger partial charge in [0, 0.05) is 22.6 Å². The zero-order valence-corrected chi connectivity index (χ0v) is 14.5. The van der Waals surface area contributed by atoms with E-state index in [1.807, 2.05) is 57.2 Å². The van der Waals surface area contributed by atoms with Crippen LogP contribution in [0.1, 0.15) is 16.7 Å². The highest BCUT2D eigenvalue weighted by Crippen LogP contribution is 2.21. The SMILES string of the molecule is Cc1ccc(N/C=C(/C#N)C(=O)Nc2cccc(C)c2C)cc1Cl. The molecule has 0 atom stereocenters. The van der Waals surface area contributed by atoms with Crippen molar-refractivity contribution in [3.8, 4) is 6.07 Å². The summed E-state index contributed by atoms with van der Waals surface area (Å²) in [7, 11) is 0. The van der Waals surface area contributed by atoms with Crippen molar-refractivity contribution in [1.82, 2.24) is 0 Å². The smallest absolute Gasteiger partial charge is 0.267 e. The molecule has 0 bridgehead atoms. The first-order chi connectivity index (χ1) is 11.4. The first kappa shape index (κ1) is 17.6. The highest BCUT2D eigenvalue weighted by atomic mass is 35.5. The highest BCUT2D eigenvalue weighted by Gasteiger charge is 2.11. The lowest BCUT2D eigenvalue weighted by atomic mass is 10.1. The predicted octanol–water partition coefficient (Wildman–Crippen LogP) is 4.72. The van der Waals surface area contributed by atoms with Crippen molar-refractivity contribution in [3.05, 3.63) is 69.9 Å². The molecule has 0 fully saturated rings. The van der Waals surface area contributed by atoms with E-state index in [4.69, 9.17) is 11.6 Å². The quantitative estimate of drug-likeness (QED) is 0.625. The van der Waals surface area contributed by atoms with Gasteiger partial charge in [-0.2, -0.15) is 5.26 Å². The Balaban J connectivity index is 2.15. The van der Waals surface area contributed by atoms with Gasteiger partial charge in [-0.1, -0.05) is 29.8 Å². The average Bonchev–Trinajstić information content (AvgIpc) is 2.55. The summed E-state index contributed by atoms with van der Waals surface area (Å²) in [6.45, 7) is 5.79. The highest BCUT2D eigenvalue weighted by molar-refractivity contribution is 6.31. The van der Waals surface area contributed by atoms with E-state index in [9.17, 15) is 10.1 Å². The molecule has 0 aliphatic carbocycles. The number of carbonyl (C=O) groups is 1. The second kappa shape index (κ2) is 7.67. The number of nitrogens with one attached hydrogen (secondary N) is 2. The number of carbonyl (C=O) groups excluding carboxylic acids is 1. The van der Waals surface area contributed by atoms with E-state index in [2.05, 4.69) is 10.6 Å². The van der Waals surface area contributed by atoms with Crippen LogP contribution in [0.25, 0.3) is 0 Å². The molecule has 0 unspecified atom stereocenters. The Bertz CT molecular complexity index is 850. The molecule has 0 spiro atoms. The predicted molar refractivity (Wildman–Crippen MR) is 98.1 cm³/mol. The maximum Gasteiger partial charge on any atom is 0.267 e. The van der Waals surface area contributed by atoms with E-state index in [1.165, 1.54) is 6.20 Å². The van der Waals surface area contributed by atoms with E-state index in [-0.39, 0.29) is 5.57 Å². The molecule has 0 aliphatic heterocycles. The molecular formula is C19H18ClN3O. The minimum absolute atomic E-state index is 0.0207. The van der Waals surface area contributed by atoms with E-state index < -0.39 is 5.91 Å². The van der Waals surface area contributed by atoms with Gasteiger partial charge < -0.3 is 10.6 Å². The zero-order chi connectivity index (χ0) is 17.7. The summed E-state index contributed by atoms with van der Waals surface area (Å²) in [5, 5.41) is 15.5. The Kier molecular flexibility index (Phi) is 5.62. The summed E-state index contributed by atoms with van der Waals surface area (Å²) >= 11 is 6.06. The van der Waals surface area contributed by atoms with Gasteiger partial charge in [0.2, 0.25) is 0 Å². The molecule has 5 heteroatoms. The fraction of sp³-hybridized carbons (Fsp3) is 0.158. The lowest BCUT2D eigenvalue weighted by Crippen LogP contribution is -2.15. The summed E-state index contributed by atoms with van der Waals surface area (Å²) in [5.41, 5.74) is 4.38. The maximum absolute atomic E-state index is 12.3. The minimum atomic E-state index is -0.461. The second-order valence-electron chi connectivity index (χ2n) is 5.48. The number of benzene rings is 2. The number of halogens is 1. The Morgan fingerprint density at radius 1 is 1.17 bits per heavy atom. The molecule has 2 N–H and O–H groups in total. The Labute approximate surface area is 146 Å². The van der Waals surface area contributed by atoms with Crippen molar-refractivity contribution in [2.45, 2.75) is 20.8 Å². The van der Waals surface area contributed by atoms with Gasteiger partial charge in [0.15, 0.2) is 0 Å². The summed E-state index contributed by atoms with van der Waals surface area (Å²) in [5.74, 6) is -0.461. The van der Waals surface area contributed by atoms with Gasteiger partial charge in [-0.3, -0.25) is 4.79 Å². The summed E-state index contributed by atoms with van der Waals surface area (Å²) in [6, 6.07) is 13.0. The fourth-order valence-electron chi connectivity index (χ4n) is 2.06. The van der Waals surface area contributed by atoms with E-state index in [0.717, 1.165) is 16.7 Å². The van der Waals surface area contributed by atoms with E-state index in [0.29, 0.717) is 16.4 Å². The fourth-order valence-corrected chi connectivity index (χ4v) is 2.24. The molecule has 2 aromatic carbocycles. The monoisotopic (exact) mass is 339 g/mol. The van der Waals surface area contributed by atoms with Crippen molar-refractivity contribution < 1.29 is 4.79 Å². The number of nitrogens with zero attached hydrogens (tertiary/aromatic N) is 1. The molecule has 122 valence electrons. The lowest BCUT2D eigenvalue weighted by Gasteiger charge is -2.10. The van der Waals surface area contributed by atoms with Crippen molar-refractivity contribution in [3.63, 3.8) is 0 Å². The van der Waals surface area contributed by atoms with Crippen LogP contribution < -0.4 is 10.6 Å². The topological polar surface area (TPSA) is 64.9 Å². The Hall–Kier alpha value is -2.77. The van der Waals surface area contributed by atoms with Gasteiger partial charge in [-0.05, 0) is 55.7 Å². The normalized spacial score (nSPS) is 10.9. The van der Waals surface area contributed by atoms with Crippen LogP contribution in [0.4, 0.5) is 11.4 Å². The summed E-state index contributed by atoms with van der Waals surface area (Å²) in [6.07, 6.45) is 1.38. The number of nitriles is 1. The third-order valence-electron chi connectivity index (χ3n) is 3.77. The van der Waals surface area contributed by atoms with Crippen LogP contribution in [0.15, 0.2) is 48.2 Å². The molecule has 0 saturated carbocycles. The largest absolute Gasteiger partial charge is 0.360 e. The molecule has 4 nitrogen and oxygen atoms in total. The molecular weight excluding hydrogens is 322 g/mol. The molecule has 0 heterocycles. The third kappa shape index (κ3) is 4.15. The summed E-state index contributed by atoms with van der Waals surface area (Å²) in [4.78, 5) is 12.3. The molecule has 0 radical (unpaired) electrons. The van der Waals surface area contributed by atoms with Gasteiger partial charge in [-0.15, -0.1) is 0 Å². The van der Waals surface area contributed by atoms with Crippen LogP contribution in [-0.2, 0) is 4.79 Å². The molecule has 0 aromatic heterocycles. The third-order valence-corrected chi connectivity index (χ3v) is 4.18. The first-order valence-corrected chi connectivity index (χ1v) is 7.80. The number of aryl methyl sites for hydroxylation is 2. The number of anilines is 2. The number of hydrogen-bond acceptors (Lipinski definition) is 3. The standard InChI is InChI=1S/C19H18ClN3O/c1-12-5-4-6-18(14(12)3)23-19(24)15(10-21)11-22-16-8-7-13(2)17(20)9-16/h4-9,11,22H,1-3H3,(H,23,24)/b15-11-. The maximum atomic E-state index is 12.3. The Morgan fingerprint density at radius 2 is 1.92 bits per heavy atom. The molecule has 2 rings (SSSR count). The van der Waals surface area contributed by atoms with Crippen LogP contribution in [-0.4, -0.2) is 5.91 Å². The first-order valence-electron chi connectivity index (χ1n) is 7.43. The van der Waals surface area contributed by atoms with Crippen LogP contribution in [0.2, 0.25) is 5.02 Å². The van der Waals surface area contributed by atoms with Crippen LogP contribution in [0.3, 0.4) is 0 Å². The average molecular weight is 340 g/mol. The van der Waals surface area contributed by atoms with E-state index in [1.54, 1.807) is 6.07 Å². The minimum Gasteiger partial charge on any atom is -0.360 e. The van der Waals surface area contributed by atoms with Crippen LogP contribution >= 0.6 is 11.6 Å². The Morgan fingerprint density at radius 3 is 2.58 bits per heavy atom. The number of amides is 1. The second-order valence-corrected chi connectivity index (χ2v) is 5.89. The van der Waals surface area contributed by atoms with Gasteiger partial charge in [0.1, 0.15) is 11.6 Å². The number of rotatable bonds is 4.